The first-order chi connectivity index (χ1) is 9.55. The summed E-state index contributed by atoms with van der Waals surface area (Å²) in [5, 5.41) is 8.77. The zero-order valence-corrected chi connectivity index (χ0v) is 12.3. The highest BCUT2D eigenvalue weighted by Gasteiger charge is 2.30. The maximum absolute atomic E-state index is 13.2. The van der Waals surface area contributed by atoms with Crippen molar-refractivity contribution in [2.45, 2.75) is 18.7 Å². The van der Waals surface area contributed by atoms with Crippen LogP contribution in [0.15, 0.2) is 17.0 Å². The molecule has 1 aromatic carbocycles. The smallest absolute Gasteiger partial charge is 0.318 e. The van der Waals surface area contributed by atoms with Gasteiger partial charge in [0.05, 0.1) is 11.4 Å². The van der Waals surface area contributed by atoms with Crippen LogP contribution >= 0.6 is 0 Å². The van der Waals surface area contributed by atoms with Crippen molar-refractivity contribution in [1.82, 2.24) is 4.31 Å². The lowest BCUT2D eigenvalue weighted by atomic mass is 10.1. The number of nitrogens with two attached hydrogens (primary N) is 1. The number of sulfonamides is 1. The molecule has 1 rings (SSSR count). The lowest BCUT2D eigenvalue weighted by molar-refractivity contribution is -0.137. The number of hydrogen-bond donors (Lipinski definition) is 2. The Morgan fingerprint density at radius 2 is 1.71 bits per heavy atom. The molecule has 0 heterocycles. The number of primary amides is 1. The van der Waals surface area contributed by atoms with Gasteiger partial charge in [-0.1, -0.05) is 0 Å². The maximum Gasteiger partial charge on any atom is 0.318 e. The average Bonchev–Trinajstić information content (AvgIpc) is 2.24. The number of carbonyl (C=O) groups excluding carboxylic acids is 1. The molecule has 0 saturated heterocycles. The van der Waals surface area contributed by atoms with Crippen LogP contribution in [0.2, 0.25) is 0 Å². The van der Waals surface area contributed by atoms with Crippen LogP contribution in [0, 0.1) is 19.7 Å². The zero-order chi connectivity index (χ0) is 16.4. The van der Waals surface area contributed by atoms with Gasteiger partial charge in [-0.2, -0.15) is 4.31 Å². The van der Waals surface area contributed by atoms with Gasteiger partial charge in [-0.25, -0.2) is 12.8 Å². The quantitative estimate of drug-likeness (QED) is 0.765. The number of nitrogens with zero attached hydrogens (tertiary/aromatic N) is 1. The lowest BCUT2D eigenvalue weighted by Crippen LogP contribution is -2.41. The van der Waals surface area contributed by atoms with Crippen LogP contribution in [-0.4, -0.2) is 42.8 Å². The fourth-order valence-corrected chi connectivity index (χ4v) is 3.75. The van der Waals surface area contributed by atoms with E-state index in [-0.39, 0.29) is 16.0 Å². The van der Waals surface area contributed by atoms with Gasteiger partial charge in [0.1, 0.15) is 12.4 Å². The van der Waals surface area contributed by atoms with Crippen LogP contribution in [0.3, 0.4) is 0 Å². The summed E-state index contributed by atoms with van der Waals surface area (Å²) in [6.07, 6.45) is 0. The van der Waals surface area contributed by atoms with Crippen molar-refractivity contribution in [3.8, 4) is 0 Å². The second-order valence-corrected chi connectivity index (χ2v) is 6.38. The van der Waals surface area contributed by atoms with Gasteiger partial charge in [-0.05, 0) is 37.1 Å². The van der Waals surface area contributed by atoms with E-state index in [2.05, 4.69) is 0 Å². The molecule has 3 N–H and O–H groups in total. The van der Waals surface area contributed by atoms with Crippen molar-refractivity contribution in [1.29, 1.82) is 0 Å². The van der Waals surface area contributed by atoms with Crippen LogP contribution in [0.5, 0.6) is 0 Å². The minimum absolute atomic E-state index is 0.118. The molecule has 9 heteroatoms. The molecule has 0 saturated carbocycles. The summed E-state index contributed by atoms with van der Waals surface area (Å²) >= 11 is 0. The molecule has 116 valence electrons. The fraction of sp³-hybridized carbons (Fsp3) is 0.333. The van der Waals surface area contributed by atoms with Crippen molar-refractivity contribution in [3.63, 3.8) is 0 Å². The molecule has 0 aliphatic heterocycles. The number of aliphatic carboxylic acids is 1. The van der Waals surface area contributed by atoms with Gasteiger partial charge in [0.2, 0.25) is 15.9 Å². The van der Waals surface area contributed by atoms with E-state index in [1.54, 1.807) is 0 Å². The van der Waals surface area contributed by atoms with Crippen molar-refractivity contribution < 1.29 is 27.5 Å². The SMILES string of the molecule is Cc1cc(F)cc(C)c1S(=O)(=O)N(CC(N)=O)CC(=O)O. The van der Waals surface area contributed by atoms with Crippen LogP contribution in [0.1, 0.15) is 11.1 Å². The molecule has 0 aromatic heterocycles. The zero-order valence-electron chi connectivity index (χ0n) is 11.5. The van der Waals surface area contributed by atoms with Crippen molar-refractivity contribution in [2.75, 3.05) is 13.1 Å². The molecule has 1 amide bonds. The maximum atomic E-state index is 13.2. The summed E-state index contributed by atoms with van der Waals surface area (Å²) < 4.78 is 38.7. The van der Waals surface area contributed by atoms with E-state index >= 15 is 0 Å². The minimum atomic E-state index is -4.28. The largest absolute Gasteiger partial charge is 0.480 e. The van der Waals surface area contributed by atoms with E-state index < -0.39 is 40.8 Å². The molecule has 0 radical (unpaired) electrons. The molecular formula is C12H15FN2O5S. The van der Waals surface area contributed by atoms with E-state index in [0.29, 0.717) is 4.31 Å². The van der Waals surface area contributed by atoms with Gasteiger partial charge in [0.25, 0.3) is 0 Å². The Morgan fingerprint density at radius 1 is 1.24 bits per heavy atom. The number of amides is 1. The minimum Gasteiger partial charge on any atom is -0.480 e. The Balaban J connectivity index is 3.42. The summed E-state index contributed by atoms with van der Waals surface area (Å²) in [4.78, 5) is 21.5. The number of halogens is 1. The molecule has 21 heavy (non-hydrogen) atoms. The number of rotatable bonds is 6. The van der Waals surface area contributed by atoms with Crippen molar-refractivity contribution >= 4 is 21.9 Å². The Labute approximate surface area is 121 Å². The molecule has 0 unspecified atom stereocenters. The molecular weight excluding hydrogens is 303 g/mol. The number of benzene rings is 1. The normalized spacial score (nSPS) is 11.6. The molecule has 0 aliphatic carbocycles. The average molecular weight is 318 g/mol. The van der Waals surface area contributed by atoms with Gasteiger partial charge in [0, 0.05) is 0 Å². The summed E-state index contributed by atoms with van der Waals surface area (Å²) in [7, 11) is -4.28. The standard InChI is InChI=1S/C12H15FN2O5S/c1-7-3-9(13)4-8(2)12(7)21(19,20)15(5-10(14)16)6-11(17)18/h3-4H,5-6H2,1-2H3,(H2,14,16)(H,17,18). The second-order valence-electron chi connectivity index (χ2n) is 4.50. The molecule has 1 aromatic rings. The number of carboxylic acids is 1. The highest BCUT2D eigenvalue weighted by atomic mass is 32.2. The fourth-order valence-electron chi connectivity index (χ4n) is 1.98. The van der Waals surface area contributed by atoms with Crippen LogP contribution < -0.4 is 5.73 Å². The molecule has 0 aliphatic rings. The third-order valence-corrected chi connectivity index (χ3v) is 4.76. The van der Waals surface area contributed by atoms with Gasteiger partial charge in [-0.3, -0.25) is 9.59 Å². The third-order valence-electron chi connectivity index (χ3n) is 2.67. The Morgan fingerprint density at radius 3 is 2.10 bits per heavy atom. The molecule has 0 atom stereocenters. The van der Waals surface area contributed by atoms with E-state index in [9.17, 15) is 22.4 Å². The predicted molar refractivity (Wildman–Crippen MR) is 71.5 cm³/mol. The molecule has 0 bridgehead atoms. The van der Waals surface area contributed by atoms with E-state index in [4.69, 9.17) is 10.8 Å². The monoisotopic (exact) mass is 318 g/mol. The number of carboxylic acid groups (broad SMARTS) is 1. The highest BCUT2D eigenvalue weighted by molar-refractivity contribution is 7.89. The summed E-state index contributed by atoms with van der Waals surface area (Å²) in [6, 6.07) is 2.03. The Bertz CT molecular complexity index is 648. The number of aryl methyl sites for hydroxylation is 2. The van der Waals surface area contributed by atoms with Gasteiger partial charge >= 0.3 is 5.97 Å². The van der Waals surface area contributed by atoms with Crippen LogP contribution in [-0.2, 0) is 19.6 Å². The third kappa shape index (κ3) is 3.99. The summed E-state index contributed by atoms with van der Waals surface area (Å²) in [6.45, 7) is 1.07. The molecule has 0 fully saturated rings. The number of carbonyl (C=O) groups is 2. The van der Waals surface area contributed by atoms with Gasteiger partial charge < -0.3 is 10.8 Å². The second kappa shape index (κ2) is 6.19. The van der Waals surface area contributed by atoms with Crippen LogP contribution in [0.4, 0.5) is 4.39 Å². The first-order valence-electron chi connectivity index (χ1n) is 5.82. The summed E-state index contributed by atoms with van der Waals surface area (Å²) in [5.74, 6) is -3.03. The summed E-state index contributed by atoms with van der Waals surface area (Å²) in [5.41, 5.74) is 5.18. The Kier molecular flexibility index (Phi) is 5.02. The Hall–Kier alpha value is -2.00. The first kappa shape index (κ1) is 17.1. The van der Waals surface area contributed by atoms with E-state index in [1.807, 2.05) is 0 Å². The predicted octanol–water partition coefficient (Wildman–Crippen LogP) is 0.00314. The van der Waals surface area contributed by atoms with Crippen molar-refractivity contribution in [2.24, 2.45) is 5.73 Å². The van der Waals surface area contributed by atoms with Gasteiger partial charge in [0.15, 0.2) is 0 Å². The topological polar surface area (TPSA) is 118 Å². The van der Waals surface area contributed by atoms with Crippen LogP contribution in [0.25, 0.3) is 0 Å². The molecule has 7 nitrogen and oxygen atoms in total. The first-order valence-corrected chi connectivity index (χ1v) is 7.26. The molecule has 0 spiro atoms. The van der Waals surface area contributed by atoms with E-state index in [1.165, 1.54) is 13.8 Å². The number of hydrogen-bond acceptors (Lipinski definition) is 4. The van der Waals surface area contributed by atoms with Gasteiger partial charge in [-0.15, -0.1) is 0 Å². The van der Waals surface area contributed by atoms with E-state index in [0.717, 1.165) is 12.1 Å². The highest BCUT2D eigenvalue weighted by Crippen LogP contribution is 2.24. The lowest BCUT2D eigenvalue weighted by Gasteiger charge is -2.21. The van der Waals surface area contributed by atoms with Crippen molar-refractivity contribution in [3.05, 3.63) is 29.1 Å².